The van der Waals surface area contributed by atoms with Crippen molar-refractivity contribution in [2.45, 2.75) is 19.5 Å². The molecule has 25 heavy (non-hydrogen) atoms. The number of hydrogen-bond acceptors (Lipinski definition) is 0. The molecular weight excluding hydrogens is 508 g/mol. The summed E-state index contributed by atoms with van der Waals surface area (Å²) in [5, 5.41) is 1.04. The first-order chi connectivity index (χ1) is 11.3. The van der Waals surface area contributed by atoms with Crippen LogP contribution in [0.25, 0.3) is 11.1 Å². The molecule has 0 spiro atoms. The van der Waals surface area contributed by atoms with Crippen molar-refractivity contribution in [1.82, 2.24) is 0 Å². The first kappa shape index (κ1) is 22.0. The molecule has 0 radical (unpaired) electrons. The summed E-state index contributed by atoms with van der Waals surface area (Å²) in [5.74, 6) is 0. The van der Waals surface area contributed by atoms with E-state index >= 15 is 0 Å². The van der Waals surface area contributed by atoms with Crippen LogP contribution in [0.1, 0.15) is 12.0 Å². The van der Waals surface area contributed by atoms with Gasteiger partial charge in [0.2, 0.25) is 0 Å². The molecule has 0 unspecified atom stereocenters. The van der Waals surface area contributed by atoms with Crippen LogP contribution in [0.2, 0.25) is 0 Å². The summed E-state index contributed by atoms with van der Waals surface area (Å²) in [6.45, 7) is 1.96. The summed E-state index contributed by atoms with van der Waals surface area (Å²) in [5.41, 5.74) is 3.83. The monoisotopic (exact) mass is 526 g/mol. The zero-order chi connectivity index (χ0) is 15.9. The Morgan fingerprint density at radius 1 is 0.680 bits per heavy atom. The third kappa shape index (κ3) is 6.65. The fourth-order valence-electron chi connectivity index (χ4n) is 2.59. The summed E-state index contributed by atoms with van der Waals surface area (Å²) in [7, 11) is 0. The lowest BCUT2D eigenvalue weighted by Gasteiger charge is -2.02. The summed E-state index contributed by atoms with van der Waals surface area (Å²) >= 11 is 3.47. The van der Waals surface area contributed by atoms with E-state index in [0.29, 0.717) is 0 Å². The van der Waals surface area contributed by atoms with Crippen LogP contribution in [0.15, 0.2) is 79.4 Å². The van der Waals surface area contributed by atoms with Crippen molar-refractivity contribution in [3.8, 4) is 11.1 Å². The predicted molar refractivity (Wildman–Crippen MR) is 96.2 cm³/mol. The third-order valence-corrected chi connectivity index (χ3v) is 4.43. The fourth-order valence-corrected chi connectivity index (χ4v) is 2.84. The van der Waals surface area contributed by atoms with Crippen LogP contribution in [0, 0.1) is 0 Å². The highest BCUT2D eigenvalue weighted by atomic mass is 79.9. The molecule has 0 aliphatic rings. The molecular formula is C20H21Br3N2. The van der Waals surface area contributed by atoms with Crippen LogP contribution in [-0.4, -0.2) is 5.33 Å². The third-order valence-electron chi connectivity index (χ3n) is 3.87. The Balaban J connectivity index is 0.00000156. The Labute approximate surface area is 179 Å². The molecule has 2 nitrogen and oxygen atoms in total. The molecule has 132 valence electrons. The highest BCUT2D eigenvalue weighted by Crippen LogP contribution is 2.15. The van der Waals surface area contributed by atoms with Crippen molar-refractivity contribution in [2.75, 3.05) is 5.33 Å². The quantitative estimate of drug-likeness (QED) is 0.253. The minimum absolute atomic E-state index is 0. The molecule has 0 fully saturated rings. The van der Waals surface area contributed by atoms with Gasteiger partial charge in [-0.15, -0.1) is 0 Å². The van der Waals surface area contributed by atoms with Gasteiger partial charge in [0, 0.05) is 41.6 Å². The number of halogens is 3. The molecule has 1 aromatic carbocycles. The fraction of sp³-hybridized carbons (Fsp3) is 0.200. The average Bonchev–Trinajstić information content (AvgIpc) is 2.62. The van der Waals surface area contributed by atoms with Crippen molar-refractivity contribution >= 4 is 15.9 Å². The SMILES string of the molecule is BrCCC[n+]1ccc(-c2cc[n+](Cc3ccccc3)cc2)cc1.[Br-].[Br-]. The van der Waals surface area contributed by atoms with Crippen molar-refractivity contribution in [3.63, 3.8) is 0 Å². The lowest BCUT2D eigenvalue weighted by atomic mass is 10.1. The highest BCUT2D eigenvalue weighted by molar-refractivity contribution is 9.09. The molecule has 0 atom stereocenters. The van der Waals surface area contributed by atoms with E-state index in [0.717, 1.165) is 24.8 Å². The average molecular weight is 529 g/mol. The normalized spacial score (nSPS) is 9.80. The lowest BCUT2D eigenvalue weighted by Crippen LogP contribution is -3.00. The van der Waals surface area contributed by atoms with E-state index in [1.807, 2.05) is 0 Å². The second kappa shape index (κ2) is 11.6. The number of pyridine rings is 2. The maximum atomic E-state index is 3.47. The van der Waals surface area contributed by atoms with E-state index in [-0.39, 0.29) is 34.0 Å². The van der Waals surface area contributed by atoms with E-state index < -0.39 is 0 Å². The van der Waals surface area contributed by atoms with Gasteiger partial charge in [0.05, 0.1) is 0 Å². The van der Waals surface area contributed by atoms with Gasteiger partial charge in [0.15, 0.2) is 31.3 Å². The van der Waals surface area contributed by atoms with Crippen molar-refractivity contribution in [2.24, 2.45) is 0 Å². The van der Waals surface area contributed by atoms with Crippen molar-refractivity contribution in [1.29, 1.82) is 0 Å². The molecule has 5 heteroatoms. The summed E-state index contributed by atoms with van der Waals surface area (Å²) in [6.07, 6.45) is 9.75. The number of nitrogens with zero attached hydrogens (tertiary/aromatic N) is 2. The van der Waals surface area contributed by atoms with Gasteiger partial charge in [-0.1, -0.05) is 46.3 Å². The van der Waals surface area contributed by atoms with E-state index in [1.165, 1.54) is 16.7 Å². The molecule has 0 amide bonds. The number of hydrogen-bond donors (Lipinski definition) is 0. The van der Waals surface area contributed by atoms with Gasteiger partial charge in [-0.2, -0.15) is 0 Å². The molecule has 0 bridgehead atoms. The number of rotatable bonds is 6. The van der Waals surface area contributed by atoms with E-state index in [9.17, 15) is 0 Å². The topological polar surface area (TPSA) is 7.76 Å². The maximum absolute atomic E-state index is 3.47. The van der Waals surface area contributed by atoms with Gasteiger partial charge >= 0.3 is 0 Å². The van der Waals surface area contributed by atoms with Crippen LogP contribution >= 0.6 is 15.9 Å². The Kier molecular flexibility index (Phi) is 10.2. The Hall–Kier alpha value is -1.04. The standard InChI is InChI=1S/C20H21BrN2.2BrH/c21-11-4-12-22-13-7-19(8-14-22)20-9-15-23(16-10-20)17-18-5-2-1-3-6-18;;/h1-3,5-10,13-16H,4,11-12,17H2;2*1H/q+2;;/p-2. The van der Waals surface area contributed by atoms with Gasteiger partial charge in [-0.25, -0.2) is 9.13 Å². The number of alkyl halides is 1. The molecule has 0 saturated heterocycles. The molecule has 0 aliphatic heterocycles. The van der Waals surface area contributed by atoms with Gasteiger partial charge < -0.3 is 34.0 Å². The van der Waals surface area contributed by atoms with Crippen LogP contribution < -0.4 is 43.1 Å². The smallest absolute Gasteiger partial charge is 0.173 e. The van der Waals surface area contributed by atoms with E-state index in [4.69, 9.17) is 0 Å². The second-order valence-electron chi connectivity index (χ2n) is 5.61. The molecule has 0 aliphatic carbocycles. The summed E-state index contributed by atoms with van der Waals surface area (Å²) < 4.78 is 4.43. The van der Waals surface area contributed by atoms with Gasteiger partial charge in [-0.3, -0.25) is 0 Å². The zero-order valence-corrected chi connectivity index (χ0v) is 18.6. The van der Waals surface area contributed by atoms with E-state index in [2.05, 4.69) is 104 Å². The Morgan fingerprint density at radius 3 is 1.72 bits per heavy atom. The second-order valence-corrected chi connectivity index (χ2v) is 6.40. The Morgan fingerprint density at radius 2 is 1.20 bits per heavy atom. The predicted octanol–water partition coefficient (Wildman–Crippen LogP) is -2.23. The number of aryl methyl sites for hydroxylation is 1. The molecule has 3 aromatic rings. The minimum Gasteiger partial charge on any atom is -1.00 e. The maximum Gasteiger partial charge on any atom is 0.173 e. The van der Waals surface area contributed by atoms with Crippen LogP contribution in [0.5, 0.6) is 0 Å². The van der Waals surface area contributed by atoms with Crippen molar-refractivity contribution < 1.29 is 43.1 Å². The van der Waals surface area contributed by atoms with E-state index in [1.54, 1.807) is 0 Å². The molecule has 0 N–H and O–H groups in total. The number of benzene rings is 1. The van der Waals surface area contributed by atoms with Crippen LogP contribution in [0.3, 0.4) is 0 Å². The molecule has 0 saturated carbocycles. The van der Waals surface area contributed by atoms with Gasteiger partial charge in [0.25, 0.3) is 0 Å². The largest absolute Gasteiger partial charge is 1.00 e. The molecule has 2 aromatic heterocycles. The number of aromatic nitrogens is 2. The van der Waals surface area contributed by atoms with Gasteiger partial charge in [0.1, 0.15) is 6.54 Å². The summed E-state index contributed by atoms with van der Waals surface area (Å²) in [4.78, 5) is 0. The summed E-state index contributed by atoms with van der Waals surface area (Å²) in [6, 6.07) is 19.3. The molecule has 2 heterocycles. The molecule has 3 rings (SSSR count). The van der Waals surface area contributed by atoms with Crippen LogP contribution in [0.4, 0.5) is 0 Å². The first-order valence-corrected chi connectivity index (χ1v) is 9.06. The van der Waals surface area contributed by atoms with Gasteiger partial charge in [-0.05, 0) is 11.1 Å². The van der Waals surface area contributed by atoms with Crippen molar-refractivity contribution in [3.05, 3.63) is 84.9 Å². The first-order valence-electron chi connectivity index (χ1n) is 7.93. The highest BCUT2D eigenvalue weighted by Gasteiger charge is 2.06. The minimum atomic E-state index is 0. The van der Waals surface area contributed by atoms with Crippen LogP contribution in [-0.2, 0) is 13.1 Å². The Bertz CT molecular complexity index is 729. The zero-order valence-electron chi connectivity index (χ0n) is 13.9. The lowest BCUT2D eigenvalue weighted by molar-refractivity contribution is -0.696.